The van der Waals surface area contributed by atoms with Gasteiger partial charge < -0.3 is 14.8 Å². The van der Waals surface area contributed by atoms with Gasteiger partial charge in [-0.1, -0.05) is 24.3 Å². The van der Waals surface area contributed by atoms with Crippen LogP contribution < -0.4 is 5.32 Å². The third kappa shape index (κ3) is 5.37. The van der Waals surface area contributed by atoms with Crippen LogP contribution in [-0.4, -0.2) is 59.4 Å². The lowest BCUT2D eigenvalue weighted by atomic mass is 10.1. The molecule has 0 bridgehead atoms. The molecule has 1 aliphatic heterocycles. The minimum atomic E-state index is -4.19. The van der Waals surface area contributed by atoms with E-state index in [0.29, 0.717) is 19.2 Å². The van der Waals surface area contributed by atoms with Crippen LogP contribution in [0.5, 0.6) is 0 Å². The number of amides is 2. The number of aromatic nitrogens is 2. The molecule has 1 aliphatic rings. The van der Waals surface area contributed by atoms with E-state index >= 15 is 0 Å². The maximum absolute atomic E-state index is 14.0. The highest BCUT2D eigenvalue weighted by Crippen LogP contribution is 2.21. The molecule has 4 rings (SSSR count). The molecule has 174 valence electrons. The van der Waals surface area contributed by atoms with Gasteiger partial charge in [0.25, 0.3) is 0 Å². The van der Waals surface area contributed by atoms with E-state index in [1.807, 2.05) is 35.0 Å². The van der Waals surface area contributed by atoms with Crippen LogP contribution in [0.25, 0.3) is 0 Å². The number of benzene rings is 2. The van der Waals surface area contributed by atoms with E-state index in [0.717, 1.165) is 27.6 Å². The van der Waals surface area contributed by atoms with Crippen LogP contribution in [0, 0.1) is 11.6 Å². The summed E-state index contributed by atoms with van der Waals surface area (Å²) >= 11 is 0. The number of hydrogen-bond donors (Lipinski definition) is 1. The maximum atomic E-state index is 14.0. The van der Waals surface area contributed by atoms with Crippen molar-refractivity contribution in [2.75, 3.05) is 26.2 Å². The summed E-state index contributed by atoms with van der Waals surface area (Å²) in [6, 6.07) is 9.83. The fraction of sp³-hybridized carbons (Fsp3) is 0.273. The summed E-state index contributed by atoms with van der Waals surface area (Å²) in [5.74, 6) is -1.84. The lowest BCUT2D eigenvalue weighted by molar-refractivity contribution is 0.172. The molecule has 0 aliphatic carbocycles. The molecular formula is C22H23F2N5O3S. The molecule has 11 heteroatoms. The molecule has 0 saturated carbocycles. The van der Waals surface area contributed by atoms with Crippen molar-refractivity contribution >= 4 is 16.1 Å². The van der Waals surface area contributed by atoms with Crippen LogP contribution in [0.1, 0.15) is 11.1 Å². The Hall–Kier alpha value is -3.31. The summed E-state index contributed by atoms with van der Waals surface area (Å²) in [5, 5.41) is 2.85. The first kappa shape index (κ1) is 22.9. The van der Waals surface area contributed by atoms with Crippen molar-refractivity contribution in [3.05, 3.63) is 83.9 Å². The lowest BCUT2D eigenvalue weighted by Gasteiger charge is -2.34. The van der Waals surface area contributed by atoms with E-state index in [4.69, 9.17) is 0 Å². The van der Waals surface area contributed by atoms with Gasteiger partial charge in [-0.05, 0) is 29.3 Å². The molecule has 2 amide bonds. The van der Waals surface area contributed by atoms with E-state index in [2.05, 4.69) is 10.3 Å². The zero-order valence-electron chi connectivity index (χ0n) is 17.7. The molecular weight excluding hydrogens is 452 g/mol. The quantitative estimate of drug-likeness (QED) is 0.593. The molecule has 33 heavy (non-hydrogen) atoms. The number of sulfonamides is 1. The monoisotopic (exact) mass is 475 g/mol. The largest absolute Gasteiger partial charge is 0.334 e. The number of nitrogens with one attached hydrogen (secondary N) is 1. The smallest absolute Gasteiger partial charge is 0.317 e. The van der Waals surface area contributed by atoms with Gasteiger partial charge in [-0.3, -0.25) is 0 Å². The lowest BCUT2D eigenvalue weighted by Crippen LogP contribution is -2.53. The Morgan fingerprint density at radius 1 is 1.03 bits per heavy atom. The second kappa shape index (κ2) is 9.67. The predicted octanol–water partition coefficient (Wildman–Crippen LogP) is 2.43. The van der Waals surface area contributed by atoms with Crippen molar-refractivity contribution in [1.82, 2.24) is 24.1 Å². The van der Waals surface area contributed by atoms with Crippen molar-refractivity contribution in [3.8, 4) is 0 Å². The van der Waals surface area contributed by atoms with Gasteiger partial charge >= 0.3 is 6.03 Å². The summed E-state index contributed by atoms with van der Waals surface area (Å²) < 4.78 is 55.8. The molecule has 0 spiro atoms. The van der Waals surface area contributed by atoms with Gasteiger partial charge in [0.2, 0.25) is 10.0 Å². The average Bonchev–Trinajstić information content (AvgIpc) is 3.32. The van der Waals surface area contributed by atoms with E-state index < -0.39 is 26.6 Å². The standard InChI is InChI=1S/C22H23F2N5O3S/c23-19-4-5-20(24)21(13-19)33(31,32)29-10-8-28(9-11-29)22(30)26-14-17-2-1-3-18(12-17)15-27-7-6-25-16-27/h1-7,12-13,16H,8-11,14-15H2,(H,26,30). The number of hydrogen-bond acceptors (Lipinski definition) is 4. The Kier molecular flexibility index (Phi) is 6.70. The third-order valence-electron chi connectivity index (χ3n) is 5.40. The van der Waals surface area contributed by atoms with E-state index in [9.17, 15) is 22.0 Å². The summed E-state index contributed by atoms with van der Waals surface area (Å²) in [6.07, 6.45) is 5.32. The maximum Gasteiger partial charge on any atom is 0.317 e. The Bertz CT molecular complexity index is 1230. The first-order valence-electron chi connectivity index (χ1n) is 10.3. The van der Waals surface area contributed by atoms with Crippen LogP contribution in [0.3, 0.4) is 0 Å². The molecule has 2 aromatic carbocycles. The Morgan fingerprint density at radius 3 is 2.52 bits per heavy atom. The molecule has 1 aromatic heterocycles. The fourth-order valence-electron chi connectivity index (χ4n) is 3.66. The van der Waals surface area contributed by atoms with Crippen LogP contribution in [-0.2, 0) is 23.1 Å². The first-order chi connectivity index (χ1) is 15.8. The summed E-state index contributed by atoms with van der Waals surface area (Å²) in [4.78, 5) is 17.4. The minimum absolute atomic E-state index is 0.00784. The molecule has 0 radical (unpaired) electrons. The highest BCUT2D eigenvalue weighted by Gasteiger charge is 2.32. The van der Waals surface area contributed by atoms with Crippen molar-refractivity contribution in [3.63, 3.8) is 0 Å². The van der Waals surface area contributed by atoms with Gasteiger partial charge in [0.15, 0.2) is 0 Å². The topological polar surface area (TPSA) is 87.5 Å². The van der Waals surface area contributed by atoms with Crippen LogP contribution in [0.4, 0.5) is 13.6 Å². The van der Waals surface area contributed by atoms with Gasteiger partial charge in [0.1, 0.15) is 16.5 Å². The molecule has 0 unspecified atom stereocenters. The normalized spacial score (nSPS) is 14.9. The number of carbonyl (C=O) groups is 1. The van der Waals surface area contributed by atoms with Crippen molar-refractivity contribution in [1.29, 1.82) is 0 Å². The Labute approximate surface area is 190 Å². The first-order valence-corrected chi connectivity index (χ1v) is 11.8. The average molecular weight is 476 g/mol. The highest BCUT2D eigenvalue weighted by atomic mass is 32.2. The highest BCUT2D eigenvalue weighted by molar-refractivity contribution is 7.89. The third-order valence-corrected chi connectivity index (χ3v) is 7.31. The zero-order valence-corrected chi connectivity index (χ0v) is 18.5. The minimum Gasteiger partial charge on any atom is -0.334 e. The van der Waals surface area contributed by atoms with E-state index in [-0.39, 0.29) is 32.2 Å². The number of nitrogens with zero attached hydrogens (tertiary/aromatic N) is 4. The predicted molar refractivity (Wildman–Crippen MR) is 117 cm³/mol. The Balaban J connectivity index is 1.31. The molecule has 8 nitrogen and oxygen atoms in total. The van der Waals surface area contributed by atoms with E-state index in [1.54, 1.807) is 12.5 Å². The number of urea groups is 1. The Morgan fingerprint density at radius 2 is 1.79 bits per heavy atom. The van der Waals surface area contributed by atoms with Crippen molar-refractivity contribution in [2.24, 2.45) is 0 Å². The number of halogens is 2. The summed E-state index contributed by atoms with van der Waals surface area (Å²) in [6.45, 7) is 1.26. The van der Waals surface area contributed by atoms with Crippen LogP contribution >= 0.6 is 0 Å². The van der Waals surface area contributed by atoms with Crippen LogP contribution in [0.15, 0.2) is 66.1 Å². The molecule has 1 fully saturated rings. The number of imidazole rings is 1. The van der Waals surface area contributed by atoms with Gasteiger partial charge in [-0.15, -0.1) is 0 Å². The number of piperazine rings is 1. The second-order valence-corrected chi connectivity index (χ2v) is 9.59. The van der Waals surface area contributed by atoms with Crippen LogP contribution in [0.2, 0.25) is 0 Å². The van der Waals surface area contributed by atoms with Gasteiger partial charge in [0.05, 0.1) is 6.33 Å². The van der Waals surface area contributed by atoms with Gasteiger partial charge in [0, 0.05) is 51.7 Å². The molecule has 3 aromatic rings. The second-order valence-electron chi connectivity index (χ2n) is 7.68. The van der Waals surface area contributed by atoms with Crippen molar-refractivity contribution < 1.29 is 22.0 Å². The number of rotatable bonds is 6. The zero-order chi connectivity index (χ0) is 23.4. The molecule has 1 saturated heterocycles. The fourth-order valence-corrected chi connectivity index (χ4v) is 5.16. The number of carbonyl (C=O) groups excluding carboxylic acids is 1. The summed E-state index contributed by atoms with van der Waals surface area (Å²) in [5.41, 5.74) is 2.01. The van der Waals surface area contributed by atoms with Gasteiger partial charge in [-0.2, -0.15) is 4.31 Å². The molecule has 2 heterocycles. The van der Waals surface area contributed by atoms with Crippen molar-refractivity contribution in [2.45, 2.75) is 18.0 Å². The summed E-state index contributed by atoms with van der Waals surface area (Å²) in [7, 11) is -4.19. The van der Waals surface area contributed by atoms with Gasteiger partial charge in [-0.25, -0.2) is 27.0 Å². The molecule has 1 N–H and O–H groups in total. The SMILES string of the molecule is O=C(NCc1cccc(Cn2ccnc2)c1)N1CCN(S(=O)(=O)c2cc(F)ccc2F)CC1. The molecule has 0 atom stereocenters. The van der Waals surface area contributed by atoms with E-state index in [1.165, 1.54) is 4.90 Å².